The number of aryl methyl sites for hydroxylation is 2. The van der Waals surface area contributed by atoms with E-state index in [2.05, 4.69) is 16.0 Å². The van der Waals surface area contributed by atoms with Crippen molar-refractivity contribution in [3.05, 3.63) is 222 Å². The Labute approximate surface area is 432 Å². The molecule has 74 heavy (non-hydrogen) atoms. The number of rotatable bonds is 15. The fourth-order valence-corrected chi connectivity index (χ4v) is 9.40. The Kier molecular flexibility index (Phi) is 18.1. The Morgan fingerprint density at radius 2 is 1.03 bits per heavy atom. The van der Waals surface area contributed by atoms with Crippen molar-refractivity contribution in [3.8, 4) is 28.0 Å². The minimum atomic E-state index is -1.24. The van der Waals surface area contributed by atoms with Crippen LogP contribution < -0.4 is 20.7 Å². The molecule has 2 aliphatic rings. The van der Waals surface area contributed by atoms with E-state index in [0.29, 0.717) is 24.2 Å². The van der Waals surface area contributed by atoms with Gasteiger partial charge in [0.2, 0.25) is 17.7 Å². The Bertz CT molecular complexity index is 2970. The first-order chi connectivity index (χ1) is 36.0. The van der Waals surface area contributed by atoms with Gasteiger partial charge in [0.15, 0.2) is 11.6 Å². The number of aliphatic carboxylic acids is 1. The molecule has 3 amide bonds. The highest BCUT2D eigenvalue weighted by atomic mass is 16.5. The lowest BCUT2D eigenvalue weighted by molar-refractivity contribution is -0.143. The molecule has 0 saturated heterocycles. The first-order valence-electron chi connectivity index (χ1n) is 25.3. The largest absolute Gasteiger partial charge is 0.486 e. The van der Waals surface area contributed by atoms with Gasteiger partial charge in [0.05, 0.1) is 6.04 Å². The van der Waals surface area contributed by atoms with Crippen molar-refractivity contribution in [2.24, 2.45) is 11.8 Å². The summed E-state index contributed by atoms with van der Waals surface area (Å²) in [4.78, 5) is 85.4. The minimum Gasteiger partial charge on any atom is -0.486 e. The summed E-state index contributed by atoms with van der Waals surface area (Å²) in [6, 6.07) is 57.5. The number of carboxylic acid groups (broad SMARTS) is 1. The Morgan fingerprint density at radius 3 is 1.58 bits per heavy atom. The summed E-state index contributed by atoms with van der Waals surface area (Å²) < 4.78 is 5.96. The number of carboxylic acids is 1. The van der Waals surface area contributed by atoms with Crippen LogP contribution >= 0.6 is 0 Å². The lowest BCUT2D eigenvalue weighted by Gasteiger charge is -2.26. The van der Waals surface area contributed by atoms with Crippen LogP contribution in [0.3, 0.4) is 0 Å². The summed E-state index contributed by atoms with van der Waals surface area (Å²) in [5.74, 6) is -5.25. The normalized spacial score (nSPS) is 18.1. The predicted molar refractivity (Wildman–Crippen MR) is 286 cm³/mol. The van der Waals surface area contributed by atoms with Crippen LogP contribution in [0.4, 0.5) is 0 Å². The molecule has 4 N–H and O–H groups in total. The molecule has 0 spiro atoms. The van der Waals surface area contributed by atoms with E-state index in [1.807, 2.05) is 170 Å². The van der Waals surface area contributed by atoms with E-state index in [1.165, 1.54) is 0 Å². The maximum absolute atomic E-state index is 15.0. The Morgan fingerprint density at radius 1 is 0.527 bits per heavy atom. The van der Waals surface area contributed by atoms with E-state index in [0.717, 1.165) is 44.5 Å². The average molecular weight is 988 g/mol. The maximum Gasteiger partial charge on any atom is 0.326 e. The molecule has 11 nitrogen and oxygen atoms in total. The number of carbonyl (C=O) groups excluding carboxylic acids is 5. The second-order valence-electron chi connectivity index (χ2n) is 19.0. The van der Waals surface area contributed by atoms with Gasteiger partial charge in [0, 0.05) is 31.1 Å². The number of fused-ring (bicyclic) bond motifs is 16. The quantitative estimate of drug-likeness (QED) is 0.0789. The van der Waals surface area contributed by atoms with Gasteiger partial charge in [0.25, 0.3) is 0 Å². The fourth-order valence-electron chi connectivity index (χ4n) is 9.40. The van der Waals surface area contributed by atoms with Crippen molar-refractivity contribution in [1.29, 1.82) is 0 Å². The molecule has 7 aromatic rings. The van der Waals surface area contributed by atoms with Crippen LogP contribution in [0.2, 0.25) is 0 Å². The van der Waals surface area contributed by atoms with Gasteiger partial charge in [-0.05, 0) is 101 Å². The van der Waals surface area contributed by atoms with Crippen molar-refractivity contribution < 1.29 is 38.6 Å². The van der Waals surface area contributed by atoms with Crippen LogP contribution in [0.25, 0.3) is 22.3 Å². The second kappa shape index (κ2) is 25.8. The van der Waals surface area contributed by atoms with Crippen LogP contribution in [0, 0.1) is 11.8 Å². The number of amides is 3. The SMILES string of the molecule is O=C1COc2ccc(cc2)C[C@@H](C(=O)N[C@@H](CCc2ccccc2)C(=O)O)CC(=O)[C@H](CCc2ccccc2)NC(=O)[C@@H](Cc2ccc(-c3ccccc3)cc2)NC(=O)[C@H](Cc2ccc(-c3ccccc3)cc2)C1. The average Bonchev–Trinajstić information content (AvgIpc) is 3.43. The number of nitrogens with one attached hydrogen (secondary N) is 3. The van der Waals surface area contributed by atoms with Crippen LogP contribution in [0.5, 0.6) is 5.75 Å². The van der Waals surface area contributed by atoms with Gasteiger partial charge in [-0.1, -0.05) is 182 Å². The summed E-state index contributed by atoms with van der Waals surface area (Å²) in [6.45, 7) is -0.323. The van der Waals surface area contributed by atoms with Gasteiger partial charge in [-0.25, -0.2) is 4.79 Å². The topological polar surface area (TPSA) is 168 Å². The molecule has 0 saturated carbocycles. The van der Waals surface area contributed by atoms with Crippen LogP contribution in [-0.2, 0) is 60.9 Å². The lowest BCUT2D eigenvalue weighted by atomic mass is 9.89. The zero-order valence-electron chi connectivity index (χ0n) is 41.2. The molecule has 7 aromatic carbocycles. The molecule has 9 rings (SSSR count). The molecule has 2 heterocycles. The first-order valence-corrected chi connectivity index (χ1v) is 25.3. The van der Waals surface area contributed by atoms with Crippen molar-refractivity contribution >= 4 is 35.3 Å². The van der Waals surface area contributed by atoms with E-state index in [9.17, 15) is 33.9 Å². The highest BCUT2D eigenvalue weighted by Gasteiger charge is 2.34. The maximum atomic E-state index is 15.0. The number of hydrogen-bond donors (Lipinski definition) is 4. The zero-order valence-corrected chi connectivity index (χ0v) is 41.2. The minimum absolute atomic E-state index is 0.0559. The third-order valence-corrected chi connectivity index (χ3v) is 13.6. The van der Waals surface area contributed by atoms with Gasteiger partial charge in [-0.2, -0.15) is 0 Å². The number of benzene rings is 7. The molecule has 0 aromatic heterocycles. The van der Waals surface area contributed by atoms with Crippen molar-refractivity contribution in [2.75, 3.05) is 6.61 Å². The van der Waals surface area contributed by atoms with E-state index in [4.69, 9.17) is 4.74 Å². The van der Waals surface area contributed by atoms with Gasteiger partial charge in [-0.3, -0.25) is 24.0 Å². The Balaban J connectivity index is 1.11. The molecular formula is C63H61N3O8. The molecular weight excluding hydrogens is 927 g/mol. The van der Waals surface area contributed by atoms with Crippen molar-refractivity contribution in [2.45, 2.75) is 75.9 Å². The van der Waals surface area contributed by atoms with Gasteiger partial charge in [-0.15, -0.1) is 0 Å². The lowest BCUT2D eigenvalue weighted by Crippen LogP contribution is -2.54. The summed E-state index contributed by atoms with van der Waals surface area (Å²) >= 11 is 0. The molecule has 0 aliphatic carbocycles. The molecule has 2 bridgehead atoms. The second-order valence-corrected chi connectivity index (χ2v) is 19.0. The van der Waals surface area contributed by atoms with Crippen molar-refractivity contribution in [1.82, 2.24) is 16.0 Å². The molecule has 2 aliphatic heterocycles. The summed E-state index contributed by atoms with van der Waals surface area (Å²) in [5, 5.41) is 19.0. The van der Waals surface area contributed by atoms with Gasteiger partial charge in [0.1, 0.15) is 24.4 Å². The van der Waals surface area contributed by atoms with Crippen LogP contribution in [0.1, 0.15) is 53.5 Å². The van der Waals surface area contributed by atoms with Gasteiger partial charge < -0.3 is 25.8 Å². The van der Waals surface area contributed by atoms with E-state index < -0.39 is 59.4 Å². The van der Waals surface area contributed by atoms with E-state index in [-0.39, 0.29) is 57.3 Å². The number of carbonyl (C=O) groups is 6. The third-order valence-electron chi connectivity index (χ3n) is 13.6. The monoisotopic (exact) mass is 987 g/mol. The summed E-state index contributed by atoms with van der Waals surface area (Å²) in [7, 11) is 0. The summed E-state index contributed by atoms with van der Waals surface area (Å²) in [6.07, 6.45) is 0.903. The number of ether oxygens (including phenoxy) is 1. The molecule has 0 fully saturated rings. The Hall–Kier alpha value is -8.44. The molecule has 376 valence electrons. The highest BCUT2D eigenvalue weighted by Crippen LogP contribution is 2.25. The molecule has 11 heteroatoms. The number of Topliss-reactive ketones (excluding diaryl/α,β-unsaturated/α-hetero) is 2. The third kappa shape index (κ3) is 15.1. The first kappa shape index (κ1) is 51.9. The molecule has 0 unspecified atom stereocenters. The van der Waals surface area contributed by atoms with E-state index >= 15 is 0 Å². The van der Waals surface area contributed by atoms with E-state index in [1.54, 1.807) is 24.3 Å². The summed E-state index contributed by atoms with van der Waals surface area (Å²) in [5.41, 5.74) is 8.09. The smallest absolute Gasteiger partial charge is 0.326 e. The number of ketones is 2. The zero-order chi connectivity index (χ0) is 51.7. The predicted octanol–water partition coefficient (Wildman–Crippen LogP) is 9.40. The van der Waals surface area contributed by atoms with Crippen LogP contribution in [-0.4, -0.2) is 65.1 Å². The molecule has 0 radical (unpaired) electrons. The van der Waals surface area contributed by atoms with Gasteiger partial charge >= 0.3 is 5.97 Å². The van der Waals surface area contributed by atoms with Crippen molar-refractivity contribution in [3.63, 3.8) is 0 Å². The highest BCUT2D eigenvalue weighted by molar-refractivity contribution is 5.96. The van der Waals surface area contributed by atoms with Crippen LogP contribution in [0.15, 0.2) is 194 Å². The number of hydrogen-bond acceptors (Lipinski definition) is 7. The fraction of sp³-hybridized carbons (Fsp3) is 0.238. The standard InChI is InChI=1S/C63H61N3O8/c67-54-40-52(37-45-21-29-50(30-22-45)48-17-9-3-10-18-48)60(69)66-58(39-47-23-31-51(32-24-47)49-19-11-4-12-20-49)62(71)64-56(35-27-43-13-5-1-6-14-43)59(68)41-53(38-46-25-33-55(34-26-46)74-42-54)61(70)65-57(63(72)73)36-28-44-15-7-2-8-16-44/h1-26,29-34,52-53,56-58H,27-28,35-42H2,(H,64,71)(H,65,70)(H,66,69)(H,72,73)/t52-,53-,56+,57+,58-/m1/s1. The molecule has 5 atom stereocenters.